The Labute approximate surface area is 159 Å². The molecular formula is C17H24ClN3O4S. The fourth-order valence-electron chi connectivity index (χ4n) is 3.43. The lowest BCUT2D eigenvalue weighted by Crippen LogP contribution is -2.51. The quantitative estimate of drug-likeness (QED) is 0.717. The molecule has 2 saturated heterocycles. The normalized spacial score (nSPS) is 25.8. The third-order valence-corrected chi connectivity index (χ3v) is 7.17. The number of methoxy groups -OCH3 is 1. The summed E-state index contributed by atoms with van der Waals surface area (Å²) in [5.74, 6) is 0.517. The van der Waals surface area contributed by atoms with Crippen LogP contribution >= 0.6 is 11.6 Å². The van der Waals surface area contributed by atoms with E-state index in [0.717, 1.165) is 37.6 Å². The second kappa shape index (κ2) is 8.02. The molecule has 1 N–H and O–H groups in total. The van der Waals surface area contributed by atoms with Gasteiger partial charge >= 0.3 is 0 Å². The smallest absolute Gasteiger partial charge is 0.234 e. The van der Waals surface area contributed by atoms with Gasteiger partial charge in [-0.25, -0.2) is 8.42 Å². The Morgan fingerprint density at radius 2 is 1.92 bits per heavy atom. The average Bonchev–Trinajstić information content (AvgIpc) is 2.87. The van der Waals surface area contributed by atoms with E-state index in [-0.39, 0.29) is 24.0 Å². The highest BCUT2D eigenvalue weighted by molar-refractivity contribution is 7.91. The topological polar surface area (TPSA) is 79.0 Å². The van der Waals surface area contributed by atoms with E-state index in [1.807, 2.05) is 24.3 Å². The molecule has 9 heteroatoms. The van der Waals surface area contributed by atoms with E-state index in [1.54, 1.807) is 7.11 Å². The Hall–Kier alpha value is -1.51. The van der Waals surface area contributed by atoms with E-state index in [9.17, 15) is 13.2 Å². The van der Waals surface area contributed by atoms with Crippen molar-refractivity contribution in [2.75, 3.05) is 56.2 Å². The van der Waals surface area contributed by atoms with E-state index in [1.165, 1.54) is 0 Å². The van der Waals surface area contributed by atoms with Crippen molar-refractivity contribution in [3.05, 3.63) is 24.3 Å². The van der Waals surface area contributed by atoms with Gasteiger partial charge in [-0.2, -0.15) is 0 Å². The van der Waals surface area contributed by atoms with Crippen LogP contribution in [0.3, 0.4) is 0 Å². The standard InChI is InChI=1S/C17H24ClN3O4S/c1-25-16-5-3-2-4-15(16)21-8-6-20(7-9-21)10-17(22)19-14-12-26(23,24)11-13(14)18/h2-5,13-14H,6-12H2,1H3,(H,19,22)/t13-,14+/m1/s1. The summed E-state index contributed by atoms with van der Waals surface area (Å²) >= 11 is 6.04. The van der Waals surface area contributed by atoms with E-state index < -0.39 is 21.3 Å². The number of alkyl halides is 1. The van der Waals surface area contributed by atoms with Gasteiger partial charge in [0.15, 0.2) is 9.84 Å². The van der Waals surface area contributed by atoms with Crippen molar-refractivity contribution in [3.8, 4) is 5.75 Å². The van der Waals surface area contributed by atoms with Crippen LogP contribution in [0.4, 0.5) is 5.69 Å². The van der Waals surface area contributed by atoms with Gasteiger partial charge in [0.05, 0.1) is 42.3 Å². The third kappa shape index (κ3) is 4.61. The fourth-order valence-corrected chi connectivity index (χ4v) is 5.98. The zero-order valence-electron chi connectivity index (χ0n) is 14.7. The van der Waals surface area contributed by atoms with Gasteiger partial charge in [-0.15, -0.1) is 11.6 Å². The third-order valence-electron chi connectivity index (χ3n) is 4.79. The summed E-state index contributed by atoms with van der Waals surface area (Å²) < 4.78 is 28.6. The average molecular weight is 402 g/mol. The van der Waals surface area contributed by atoms with E-state index in [0.29, 0.717) is 0 Å². The lowest BCUT2D eigenvalue weighted by molar-refractivity contribution is -0.122. The maximum atomic E-state index is 12.2. The van der Waals surface area contributed by atoms with Crippen molar-refractivity contribution < 1.29 is 17.9 Å². The zero-order chi connectivity index (χ0) is 18.7. The largest absolute Gasteiger partial charge is 0.495 e. The van der Waals surface area contributed by atoms with Crippen molar-refractivity contribution in [1.82, 2.24) is 10.2 Å². The molecular weight excluding hydrogens is 378 g/mol. The summed E-state index contributed by atoms with van der Waals surface area (Å²) in [4.78, 5) is 16.5. The van der Waals surface area contributed by atoms with Gasteiger partial charge in [0.1, 0.15) is 5.75 Å². The number of benzene rings is 1. The van der Waals surface area contributed by atoms with E-state index in [4.69, 9.17) is 16.3 Å². The second-order valence-corrected chi connectivity index (χ2v) is 9.42. The molecule has 0 unspecified atom stereocenters. The van der Waals surface area contributed by atoms with Crippen LogP contribution in [-0.4, -0.2) is 82.0 Å². The van der Waals surface area contributed by atoms with Crippen LogP contribution < -0.4 is 15.0 Å². The maximum absolute atomic E-state index is 12.2. The number of hydrogen-bond acceptors (Lipinski definition) is 6. The van der Waals surface area contributed by atoms with Gasteiger partial charge in [-0.1, -0.05) is 12.1 Å². The summed E-state index contributed by atoms with van der Waals surface area (Å²) in [6.45, 7) is 3.34. The molecule has 2 fully saturated rings. The number of rotatable bonds is 5. The van der Waals surface area contributed by atoms with E-state index >= 15 is 0 Å². The number of nitrogens with zero attached hydrogens (tertiary/aromatic N) is 2. The van der Waals surface area contributed by atoms with Crippen LogP contribution in [0, 0.1) is 0 Å². The number of halogens is 1. The first-order chi connectivity index (χ1) is 12.4. The monoisotopic (exact) mass is 401 g/mol. The Kier molecular flexibility index (Phi) is 5.94. The number of carbonyl (C=O) groups excluding carboxylic acids is 1. The van der Waals surface area contributed by atoms with Crippen LogP contribution in [0.15, 0.2) is 24.3 Å². The van der Waals surface area contributed by atoms with Crippen LogP contribution in [-0.2, 0) is 14.6 Å². The minimum Gasteiger partial charge on any atom is -0.495 e. The molecule has 2 atom stereocenters. The molecule has 2 heterocycles. The molecule has 26 heavy (non-hydrogen) atoms. The van der Waals surface area contributed by atoms with Crippen LogP contribution in [0.25, 0.3) is 0 Å². The zero-order valence-corrected chi connectivity index (χ0v) is 16.3. The van der Waals surface area contributed by atoms with Gasteiger partial charge in [-0.05, 0) is 12.1 Å². The van der Waals surface area contributed by atoms with Gasteiger partial charge < -0.3 is 15.0 Å². The lowest BCUT2D eigenvalue weighted by atomic mass is 10.2. The van der Waals surface area contributed by atoms with Gasteiger partial charge in [0.2, 0.25) is 5.91 Å². The minimum absolute atomic E-state index is 0.0723. The van der Waals surface area contributed by atoms with Crippen molar-refractivity contribution in [2.24, 2.45) is 0 Å². The predicted molar refractivity (Wildman–Crippen MR) is 102 cm³/mol. The summed E-state index contributed by atoms with van der Waals surface area (Å²) in [5, 5.41) is 2.22. The molecule has 3 rings (SSSR count). The first-order valence-electron chi connectivity index (χ1n) is 8.62. The summed E-state index contributed by atoms with van der Waals surface area (Å²) in [5.41, 5.74) is 1.06. The molecule has 2 aliphatic rings. The number of sulfone groups is 1. The van der Waals surface area contributed by atoms with Crippen molar-refractivity contribution >= 4 is 33.0 Å². The number of carbonyl (C=O) groups is 1. The van der Waals surface area contributed by atoms with Crippen LogP contribution in [0.5, 0.6) is 5.75 Å². The highest BCUT2D eigenvalue weighted by Crippen LogP contribution is 2.28. The van der Waals surface area contributed by atoms with Crippen molar-refractivity contribution in [1.29, 1.82) is 0 Å². The molecule has 0 radical (unpaired) electrons. The van der Waals surface area contributed by atoms with E-state index in [2.05, 4.69) is 15.1 Å². The van der Waals surface area contributed by atoms with Gasteiger partial charge in [-0.3, -0.25) is 9.69 Å². The number of amides is 1. The highest BCUT2D eigenvalue weighted by Gasteiger charge is 2.37. The summed E-state index contributed by atoms with van der Waals surface area (Å²) in [6.07, 6.45) is 0. The van der Waals surface area contributed by atoms with Gasteiger partial charge in [0, 0.05) is 26.2 Å². The van der Waals surface area contributed by atoms with Gasteiger partial charge in [0.25, 0.3) is 0 Å². The SMILES string of the molecule is COc1ccccc1N1CCN(CC(=O)N[C@H]2CS(=O)(=O)C[C@H]2Cl)CC1. The number of piperazine rings is 1. The Balaban J connectivity index is 1.49. The number of nitrogens with one attached hydrogen (secondary N) is 1. The Morgan fingerprint density at radius 1 is 1.23 bits per heavy atom. The number of hydrogen-bond donors (Lipinski definition) is 1. The molecule has 0 saturated carbocycles. The molecule has 1 amide bonds. The summed E-state index contributed by atoms with van der Waals surface area (Å²) in [7, 11) is -1.49. The first-order valence-corrected chi connectivity index (χ1v) is 10.9. The maximum Gasteiger partial charge on any atom is 0.234 e. The Morgan fingerprint density at radius 3 is 2.54 bits per heavy atom. The molecule has 0 aromatic heterocycles. The summed E-state index contributed by atoms with van der Waals surface area (Å²) in [6, 6.07) is 7.39. The van der Waals surface area contributed by atoms with Crippen molar-refractivity contribution in [2.45, 2.75) is 11.4 Å². The molecule has 144 valence electrons. The Bertz CT molecular complexity index is 750. The molecule has 2 aliphatic heterocycles. The first kappa shape index (κ1) is 19.3. The molecule has 7 nitrogen and oxygen atoms in total. The predicted octanol–water partition coefficient (Wildman–Crippen LogP) is 0.338. The number of para-hydroxylation sites is 2. The lowest BCUT2D eigenvalue weighted by Gasteiger charge is -2.36. The fraction of sp³-hybridized carbons (Fsp3) is 0.588. The molecule has 0 spiro atoms. The minimum atomic E-state index is -3.15. The molecule has 1 aromatic rings. The highest BCUT2D eigenvalue weighted by atomic mass is 35.5. The van der Waals surface area contributed by atoms with Crippen LogP contribution in [0.1, 0.15) is 0 Å². The number of ether oxygens (including phenoxy) is 1. The molecule has 1 aromatic carbocycles. The molecule has 0 aliphatic carbocycles. The van der Waals surface area contributed by atoms with Crippen molar-refractivity contribution in [3.63, 3.8) is 0 Å². The second-order valence-electron chi connectivity index (χ2n) is 6.70. The molecule has 0 bridgehead atoms. The number of anilines is 1. The van der Waals surface area contributed by atoms with Crippen LogP contribution in [0.2, 0.25) is 0 Å².